The van der Waals surface area contributed by atoms with Crippen LogP contribution in [-0.2, 0) is 32.6 Å². The fourth-order valence-corrected chi connectivity index (χ4v) is 5.48. The molecule has 1 saturated heterocycles. The second kappa shape index (κ2) is 8.37. The number of carbonyl (C=O) groups is 1. The first-order valence-electron chi connectivity index (χ1n) is 10.2. The van der Waals surface area contributed by atoms with Gasteiger partial charge in [0.2, 0.25) is 0 Å². The monoisotopic (exact) mass is 437 g/mol. The summed E-state index contributed by atoms with van der Waals surface area (Å²) in [6, 6.07) is 15.6. The van der Waals surface area contributed by atoms with Crippen molar-refractivity contribution in [3.63, 3.8) is 0 Å². The van der Waals surface area contributed by atoms with Gasteiger partial charge in [-0.15, -0.1) is 0 Å². The first-order valence-corrected chi connectivity index (χ1v) is 11.5. The second-order valence-corrected chi connectivity index (χ2v) is 9.00. The summed E-state index contributed by atoms with van der Waals surface area (Å²) in [7, 11) is 0.432. The lowest BCUT2D eigenvalue weighted by atomic mass is 10.0. The molecule has 0 spiro atoms. The van der Waals surface area contributed by atoms with Crippen LogP contribution in [-0.4, -0.2) is 58.2 Å². The molecule has 0 N–H and O–H groups in total. The molecule has 1 fully saturated rings. The summed E-state index contributed by atoms with van der Waals surface area (Å²) >= 11 is 0. The maximum atomic E-state index is 13.4. The minimum absolute atomic E-state index is 0.136. The Morgan fingerprint density at radius 3 is 2.77 bits per heavy atom. The van der Waals surface area contributed by atoms with Gasteiger partial charge in [-0.25, -0.2) is 4.68 Å². The summed E-state index contributed by atoms with van der Waals surface area (Å²) in [5, 5.41) is 4.78. The Labute approximate surface area is 183 Å². The van der Waals surface area contributed by atoms with E-state index in [1.807, 2.05) is 53.2 Å². The molecule has 1 atom stereocenters. The molecule has 1 unspecified atom stereocenters. The van der Waals surface area contributed by atoms with Crippen molar-refractivity contribution < 1.29 is 18.5 Å². The second-order valence-electron chi connectivity index (χ2n) is 7.58. The van der Waals surface area contributed by atoms with Crippen molar-refractivity contribution in [2.75, 3.05) is 33.4 Å². The highest BCUT2D eigenvalue weighted by Crippen LogP contribution is 2.39. The number of hydrogen-bond acceptors (Lipinski definition) is 5. The summed E-state index contributed by atoms with van der Waals surface area (Å²) in [4.78, 5) is 15.9. The third-order valence-corrected chi connectivity index (χ3v) is 7.01. The normalized spacial score (nSPS) is 17.8. The minimum atomic E-state index is -1.23. The molecular weight excluding hydrogens is 414 g/mol. The maximum absolute atomic E-state index is 13.4. The van der Waals surface area contributed by atoms with E-state index in [9.17, 15) is 9.00 Å². The Morgan fingerprint density at radius 2 is 1.97 bits per heavy atom. The third-order valence-electron chi connectivity index (χ3n) is 5.61. The molecule has 7 nitrogen and oxygen atoms in total. The SMILES string of the molecule is COCc1cccc(-n2nc(C(=O)N3CCOCC3)c3c2-c2ccccc2S(=O)C3)c1. The van der Waals surface area contributed by atoms with Crippen LogP contribution >= 0.6 is 0 Å². The third kappa shape index (κ3) is 3.60. The van der Waals surface area contributed by atoms with E-state index in [2.05, 4.69) is 0 Å². The molecule has 2 aliphatic rings. The average Bonchev–Trinajstić information content (AvgIpc) is 3.19. The van der Waals surface area contributed by atoms with Gasteiger partial charge in [-0.1, -0.05) is 30.3 Å². The predicted molar refractivity (Wildman–Crippen MR) is 117 cm³/mol. The van der Waals surface area contributed by atoms with Crippen LogP contribution in [0, 0.1) is 0 Å². The number of carbonyl (C=O) groups excluding carboxylic acids is 1. The molecule has 1 aromatic heterocycles. The van der Waals surface area contributed by atoms with Crippen LogP contribution in [0.25, 0.3) is 16.9 Å². The number of morpholine rings is 1. The van der Waals surface area contributed by atoms with Gasteiger partial charge in [-0.2, -0.15) is 5.10 Å². The van der Waals surface area contributed by atoms with E-state index in [0.29, 0.717) is 38.6 Å². The number of ether oxygens (including phenoxy) is 2. The molecule has 2 aliphatic heterocycles. The molecule has 1 amide bonds. The Hall–Kier alpha value is -2.81. The molecule has 3 heterocycles. The summed E-state index contributed by atoms with van der Waals surface area (Å²) in [6.07, 6.45) is 0. The van der Waals surface area contributed by atoms with Crippen molar-refractivity contribution in [3.8, 4) is 16.9 Å². The molecule has 160 valence electrons. The van der Waals surface area contributed by atoms with E-state index >= 15 is 0 Å². The Balaban J connectivity index is 1.70. The molecule has 0 radical (unpaired) electrons. The molecular formula is C23H23N3O4S. The van der Waals surface area contributed by atoms with Gasteiger partial charge in [0.25, 0.3) is 5.91 Å². The van der Waals surface area contributed by atoms with Gasteiger partial charge in [0, 0.05) is 36.2 Å². The number of methoxy groups -OCH3 is 1. The van der Waals surface area contributed by atoms with Crippen LogP contribution in [0.15, 0.2) is 53.4 Å². The number of hydrogen-bond donors (Lipinski definition) is 0. The summed E-state index contributed by atoms with van der Waals surface area (Å²) < 4.78 is 25.5. The molecule has 5 rings (SSSR count). The standard InChI is InChI=1S/C23H23N3O4S/c1-29-14-16-5-4-6-17(13-16)26-22-18-7-2-3-8-20(18)31(28)15-19(22)21(24-26)23(27)25-9-11-30-12-10-25/h2-8,13H,9-12,14-15H2,1H3. The smallest absolute Gasteiger partial charge is 0.274 e. The quantitative estimate of drug-likeness (QED) is 0.628. The fourth-order valence-electron chi connectivity index (χ4n) is 4.15. The highest BCUT2D eigenvalue weighted by molar-refractivity contribution is 7.84. The van der Waals surface area contributed by atoms with E-state index in [4.69, 9.17) is 14.6 Å². The van der Waals surface area contributed by atoms with Crippen molar-refractivity contribution in [3.05, 3.63) is 65.4 Å². The highest BCUT2D eigenvalue weighted by Gasteiger charge is 2.34. The van der Waals surface area contributed by atoms with E-state index in [-0.39, 0.29) is 11.7 Å². The zero-order valence-electron chi connectivity index (χ0n) is 17.2. The van der Waals surface area contributed by atoms with Crippen molar-refractivity contribution in [1.29, 1.82) is 0 Å². The zero-order chi connectivity index (χ0) is 21.4. The van der Waals surface area contributed by atoms with Crippen LogP contribution in [0.5, 0.6) is 0 Å². The molecule has 2 aromatic carbocycles. The molecule has 8 heteroatoms. The van der Waals surface area contributed by atoms with Gasteiger partial charge in [0.1, 0.15) is 0 Å². The lowest BCUT2D eigenvalue weighted by Crippen LogP contribution is -2.41. The molecule has 0 bridgehead atoms. The lowest BCUT2D eigenvalue weighted by Gasteiger charge is -2.26. The maximum Gasteiger partial charge on any atom is 0.274 e. The predicted octanol–water partition coefficient (Wildman–Crippen LogP) is 2.78. The van der Waals surface area contributed by atoms with Crippen molar-refractivity contribution in [1.82, 2.24) is 14.7 Å². The molecule has 31 heavy (non-hydrogen) atoms. The van der Waals surface area contributed by atoms with Gasteiger partial charge in [-0.3, -0.25) is 9.00 Å². The van der Waals surface area contributed by atoms with Crippen molar-refractivity contribution in [2.45, 2.75) is 17.3 Å². The number of nitrogens with zero attached hydrogens (tertiary/aromatic N) is 3. The topological polar surface area (TPSA) is 73.7 Å². The first-order chi connectivity index (χ1) is 15.2. The summed E-state index contributed by atoms with van der Waals surface area (Å²) in [5.41, 5.74) is 4.66. The fraction of sp³-hybridized carbons (Fsp3) is 0.304. The number of benzene rings is 2. The Kier molecular flexibility index (Phi) is 5.43. The van der Waals surface area contributed by atoms with Crippen LogP contribution in [0.1, 0.15) is 21.6 Å². The number of amides is 1. The number of rotatable bonds is 4. The van der Waals surface area contributed by atoms with E-state index in [0.717, 1.165) is 33.0 Å². The summed E-state index contributed by atoms with van der Waals surface area (Å²) in [6.45, 7) is 2.58. The number of fused-ring (bicyclic) bond motifs is 3. The van der Waals surface area contributed by atoms with Crippen LogP contribution in [0.4, 0.5) is 0 Å². The average molecular weight is 438 g/mol. The van der Waals surface area contributed by atoms with E-state index in [1.165, 1.54) is 0 Å². The van der Waals surface area contributed by atoms with Crippen molar-refractivity contribution in [2.24, 2.45) is 0 Å². The van der Waals surface area contributed by atoms with Crippen molar-refractivity contribution >= 4 is 16.7 Å². The van der Waals surface area contributed by atoms with E-state index in [1.54, 1.807) is 12.0 Å². The van der Waals surface area contributed by atoms with Gasteiger partial charge < -0.3 is 14.4 Å². The Morgan fingerprint density at radius 1 is 1.16 bits per heavy atom. The summed E-state index contributed by atoms with van der Waals surface area (Å²) in [5.74, 6) is 0.137. The van der Waals surface area contributed by atoms with Gasteiger partial charge in [0.05, 0.1) is 47.8 Å². The Bertz CT molecular complexity index is 1170. The van der Waals surface area contributed by atoms with Crippen LogP contribution in [0.3, 0.4) is 0 Å². The lowest BCUT2D eigenvalue weighted by molar-refractivity contribution is 0.0298. The minimum Gasteiger partial charge on any atom is -0.380 e. The largest absolute Gasteiger partial charge is 0.380 e. The molecule has 0 aliphatic carbocycles. The van der Waals surface area contributed by atoms with Gasteiger partial charge >= 0.3 is 0 Å². The number of aromatic nitrogens is 2. The van der Waals surface area contributed by atoms with Crippen LogP contribution < -0.4 is 0 Å². The molecule has 0 saturated carbocycles. The van der Waals surface area contributed by atoms with Gasteiger partial charge in [0.15, 0.2) is 5.69 Å². The molecule has 3 aromatic rings. The highest BCUT2D eigenvalue weighted by atomic mass is 32.2. The zero-order valence-corrected chi connectivity index (χ0v) is 18.1. The first kappa shape index (κ1) is 20.1. The van der Waals surface area contributed by atoms with Gasteiger partial charge in [-0.05, 0) is 23.8 Å². The van der Waals surface area contributed by atoms with E-state index < -0.39 is 10.8 Å². The van der Waals surface area contributed by atoms with Crippen LogP contribution in [0.2, 0.25) is 0 Å².